The Hall–Kier alpha value is -1.18. The van der Waals surface area contributed by atoms with Gasteiger partial charge in [-0.1, -0.05) is 6.07 Å². The number of aliphatic hydroxyl groups excluding tert-OH is 1. The van der Waals surface area contributed by atoms with Crippen LogP contribution in [0.25, 0.3) is 0 Å². The maximum atomic E-state index is 10.2. The van der Waals surface area contributed by atoms with Crippen molar-refractivity contribution in [2.24, 2.45) is 0 Å². The number of furan rings is 1. The highest BCUT2D eigenvalue weighted by Crippen LogP contribution is 2.13. The first-order chi connectivity index (χ1) is 11.3. The second-order valence-corrected chi connectivity index (χ2v) is 6.44. The van der Waals surface area contributed by atoms with Crippen LogP contribution in [0.5, 0.6) is 0 Å². The molecule has 2 aromatic heterocycles. The number of nitrogens with zero attached hydrogens (tertiary/aromatic N) is 1. The summed E-state index contributed by atoms with van der Waals surface area (Å²) >= 11 is 1.74. The number of hydrogen-bond donors (Lipinski definition) is 1. The second kappa shape index (κ2) is 10.6. The Morgan fingerprint density at radius 3 is 2.96 bits per heavy atom. The van der Waals surface area contributed by atoms with Crippen molar-refractivity contribution in [3.63, 3.8) is 0 Å². The lowest BCUT2D eigenvalue weighted by Gasteiger charge is -2.24. The van der Waals surface area contributed by atoms with Crippen molar-refractivity contribution in [1.29, 1.82) is 0 Å². The molecule has 0 amide bonds. The highest BCUT2D eigenvalue weighted by Gasteiger charge is 2.13. The average molecular weight is 339 g/mol. The monoisotopic (exact) mass is 339 g/mol. The van der Waals surface area contributed by atoms with Crippen LogP contribution in [0.15, 0.2) is 40.3 Å². The Morgan fingerprint density at radius 1 is 1.35 bits per heavy atom. The van der Waals surface area contributed by atoms with Gasteiger partial charge in [-0.05, 0) is 30.0 Å². The van der Waals surface area contributed by atoms with Crippen molar-refractivity contribution in [2.45, 2.75) is 25.7 Å². The quantitative estimate of drug-likeness (QED) is 0.603. The molecule has 0 saturated heterocycles. The van der Waals surface area contributed by atoms with Crippen LogP contribution < -0.4 is 0 Å². The molecule has 0 aliphatic carbocycles. The van der Waals surface area contributed by atoms with Crippen LogP contribution in [0.3, 0.4) is 0 Å². The van der Waals surface area contributed by atoms with Gasteiger partial charge in [0.1, 0.15) is 12.4 Å². The first kappa shape index (κ1) is 18.2. The van der Waals surface area contributed by atoms with E-state index in [9.17, 15) is 5.11 Å². The van der Waals surface area contributed by atoms with Gasteiger partial charge in [-0.2, -0.15) is 0 Å². The van der Waals surface area contributed by atoms with Gasteiger partial charge in [0, 0.05) is 38.2 Å². The van der Waals surface area contributed by atoms with Gasteiger partial charge in [0.15, 0.2) is 0 Å². The van der Waals surface area contributed by atoms with Gasteiger partial charge in [0.25, 0.3) is 0 Å². The molecule has 0 aliphatic heterocycles. The molecule has 0 aliphatic rings. The average Bonchev–Trinajstić information content (AvgIpc) is 3.21. The van der Waals surface area contributed by atoms with Crippen molar-refractivity contribution in [3.05, 3.63) is 46.5 Å². The molecule has 0 radical (unpaired) electrons. The summed E-state index contributed by atoms with van der Waals surface area (Å²) in [4.78, 5) is 3.54. The molecule has 0 aromatic carbocycles. The Kier molecular flexibility index (Phi) is 8.35. The minimum absolute atomic E-state index is 0.298. The van der Waals surface area contributed by atoms with Gasteiger partial charge in [-0.25, -0.2) is 0 Å². The van der Waals surface area contributed by atoms with E-state index in [1.165, 1.54) is 4.88 Å². The first-order valence-electron chi connectivity index (χ1n) is 7.80. The third-order valence-corrected chi connectivity index (χ3v) is 4.25. The van der Waals surface area contributed by atoms with E-state index in [0.717, 1.165) is 31.9 Å². The molecule has 2 aromatic rings. The minimum Gasteiger partial charge on any atom is -0.467 e. The van der Waals surface area contributed by atoms with Gasteiger partial charge in [0.2, 0.25) is 0 Å². The zero-order valence-corrected chi connectivity index (χ0v) is 14.3. The molecular formula is C17H25NO4S. The molecule has 1 atom stereocenters. The molecule has 2 rings (SSSR count). The summed E-state index contributed by atoms with van der Waals surface area (Å²) in [6.45, 7) is 3.73. The summed E-state index contributed by atoms with van der Waals surface area (Å²) < 4.78 is 15.8. The van der Waals surface area contributed by atoms with E-state index < -0.39 is 6.10 Å². The highest BCUT2D eigenvalue weighted by molar-refractivity contribution is 7.09. The van der Waals surface area contributed by atoms with Crippen LogP contribution in [-0.4, -0.2) is 49.5 Å². The van der Waals surface area contributed by atoms with Crippen molar-refractivity contribution in [2.75, 3.05) is 33.4 Å². The van der Waals surface area contributed by atoms with Crippen LogP contribution in [0.4, 0.5) is 0 Å². The van der Waals surface area contributed by atoms with Crippen LogP contribution in [0, 0.1) is 0 Å². The molecular weight excluding hydrogens is 314 g/mol. The third-order valence-electron chi connectivity index (χ3n) is 3.39. The van der Waals surface area contributed by atoms with Crippen LogP contribution in [-0.2, 0) is 22.6 Å². The molecule has 2 heterocycles. The van der Waals surface area contributed by atoms with Crippen molar-refractivity contribution in [1.82, 2.24) is 4.90 Å². The number of thiophene rings is 1. The molecule has 0 bridgehead atoms. The van der Waals surface area contributed by atoms with Gasteiger partial charge in [-0.3, -0.25) is 4.90 Å². The standard InChI is InChI=1S/C17H25NO4S/c1-20-8-4-7-18(12-17-6-3-10-23-17)11-15(19)13-21-14-16-5-2-9-22-16/h2-3,5-6,9-10,15,19H,4,7-8,11-14H2,1H3/t15-/m0/s1. The summed E-state index contributed by atoms with van der Waals surface area (Å²) in [6.07, 6.45) is 2.04. The number of hydrogen-bond acceptors (Lipinski definition) is 6. The number of ether oxygens (including phenoxy) is 2. The Bertz CT molecular complexity index is 501. The fourth-order valence-corrected chi connectivity index (χ4v) is 3.08. The largest absolute Gasteiger partial charge is 0.467 e. The lowest BCUT2D eigenvalue weighted by molar-refractivity contribution is 0.00296. The van der Waals surface area contributed by atoms with Crippen LogP contribution in [0.2, 0.25) is 0 Å². The topological polar surface area (TPSA) is 55.1 Å². The van der Waals surface area contributed by atoms with E-state index in [1.807, 2.05) is 12.1 Å². The van der Waals surface area contributed by atoms with E-state index in [-0.39, 0.29) is 0 Å². The van der Waals surface area contributed by atoms with Gasteiger partial charge in [-0.15, -0.1) is 11.3 Å². The number of rotatable bonds is 12. The smallest absolute Gasteiger partial charge is 0.129 e. The van der Waals surface area contributed by atoms with Crippen LogP contribution in [0.1, 0.15) is 17.1 Å². The lowest BCUT2D eigenvalue weighted by atomic mass is 10.3. The van der Waals surface area contributed by atoms with Crippen molar-refractivity contribution in [3.8, 4) is 0 Å². The first-order valence-corrected chi connectivity index (χ1v) is 8.67. The summed E-state index contributed by atoms with van der Waals surface area (Å²) in [5.74, 6) is 0.771. The number of aliphatic hydroxyl groups is 1. The van der Waals surface area contributed by atoms with E-state index >= 15 is 0 Å². The molecule has 5 nitrogen and oxygen atoms in total. The Labute approximate surface area is 141 Å². The molecule has 0 fully saturated rings. The third kappa shape index (κ3) is 7.28. The molecule has 0 unspecified atom stereocenters. The molecule has 0 spiro atoms. The zero-order valence-electron chi connectivity index (χ0n) is 13.5. The van der Waals surface area contributed by atoms with E-state index in [1.54, 1.807) is 24.7 Å². The Morgan fingerprint density at radius 2 is 2.26 bits per heavy atom. The summed E-state index contributed by atoms with van der Waals surface area (Å²) in [7, 11) is 1.71. The van der Waals surface area contributed by atoms with E-state index in [0.29, 0.717) is 19.8 Å². The fraction of sp³-hybridized carbons (Fsp3) is 0.529. The molecule has 0 saturated carbocycles. The van der Waals surface area contributed by atoms with Crippen molar-refractivity contribution >= 4 is 11.3 Å². The SMILES string of the molecule is COCCCN(Cc1cccs1)C[C@H](O)COCc1ccco1. The minimum atomic E-state index is -0.521. The predicted octanol–water partition coefficient (Wildman–Crippen LogP) is 2.76. The maximum Gasteiger partial charge on any atom is 0.129 e. The van der Waals surface area contributed by atoms with Gasteiger partial charge in [0.05, 0.1) is 19.0 Å². The Balaban J connectivity index is 1.73. The summed E-state index contributed by atoms with van der Waals surface area (Å²) in [6, 6.07) is 7.86. The van der Waals surface area contributed by atoms with Gasteiger partial charge >= 0.3 is 0 Å². The molecule has 23 heavy (non-hydrogen) atoms. The van der Waals surface area contributed by atoms with Crippen molar-refractivity contribution < 1.29 is 19.0 Å². The molecule has 128 valence electrons. The van der Waals surface area contributed by atoms with E-state index in [2.05, 4.69) is 22.4 Å². The normalized spacial score (nSPS) is 12.8. The van der Waals surface area contributed by atoms with E-state index in [4.69, 9.17) is 13.9 Å². The fourth-order valence-electron chi connectivity index (χ4n) is 2.33. The number of methoxy groups -OCH3 is 1. The molecule has 6 heteroatoms. The highest BCUT2D eigenvalue weighted by atomic mass is 32.1. The van der Waals surface area contributed by atoms with Gasteiger partial charge < -0.3 is 19.0 Å². The summed E-state index contributed by atoms with van der Waals surface area (Å²) in [5.41, 5.74) is 0. The summed E-state index contributed by atoms with van der Waals surface area (Å²) in [5, 5.41) is 12.3. The predicted molar refractivity (Wildman–Crippen MR) is 90.5 cm³/mol. The molecule has 1 N–H and O–H groups in total. The second-order valence-electron chi connectivity index (χ2n) is 5.41. The maximum absolute atomic E-state index is 10.2. The lowest BCUT2D eigenvalue weighted by Crippen LogP contribution is -2.35. The van der Waals surface area contributed by atoms with Crippen LogP contribution >= 0.6 is 11.3 Å². The zero-order chi connectivity index (χ0) is 16.3.